The van der Waals surface area contributed by atoms with E-state index in [1.807, 2.05) is 53.4 Å². The van der Waals surface area contributed by atoms with Gasteiger partial charge in [0.05, 0.1) is 13.2 Å². The zero-order valence-corrected chi connectivity index (χ0v) is 16.3. The van der Waals surface area contributed by atoms with Crippen LogP contribution in [0.5, 0.6) is 0 Å². The van der Waals surface area contributed by atoms with Crippen LogP contribution in [-0.4, -0.2) is 30.5 Å². The van der Waals surface area contributed by atoms with E-state index < -0.39 is 0 Å². The quantitative estimate of drug-likeness (QED) is 0.676. The van der Waals surface area contributed by atoms with Gasteiger partial charge >= 0.3 is 0 Å². The van der Waals surface area contributed by atoms with Crippen LogP contribution in [0.3, 0.4) is 0 Å². The Labute approximate surface area is 162 Å². The number of halogens is 2. The summed E-state index contributed by atoms with van der Waals surface area (Å²) >= 11 is 9.34. The molecule has 2 aromatic rings. The van der Waals surface area contributed by atoms with Crippen LogP contribution in [-0.2, 0) is 16.0 Å². The van der Waals surface area contributed by atoms with Crippen LogP contribution in [0.15, 0.2) is 53.0 Å². The van der Waals surface area contributed by atoms with Gasteiger partial charge in [0.15, 0.2) is 0 Å². The molecule has 3 rings (SSSR count). The SMILES string of the molecule is O=C(CCCc1ccc(Cl)cc1)N1CCOC(c2ccc(Br)cc2)C1. The second kappa shape index (κ2) is 8.84. The Morgan fingerprint density at radius 1 is 1.16 bits per heavy atom. The fraction of sp³-hybridized carbons (Fsp3) is 0.350. The molecule has 1 aliphatic heterocycles. The van der Waals surface area contributed by atoms with Crippen molar-refractivity contribution in [3.63, 3.8) is 0 Å². The molecule has 0 aromatic heterocycles. The van der Waals surface area contributed by atoms with E-state index in [1.54, 1.807) is 0 Å². The number of carbonyl (C=O) groups excluding carboxylic acids is 1. The van der Waals surface area contributed by atoms with Crippen molar-refractivity contribution in [2.75, 3.05) is 19.7 Å². The van der Waals surface area contributed by atoms with Crippen LogP contribution in [0, 0.1) is 0 Å². The summed E-state index contributed by atoms with van der Waals surface area (Å²) in [5.41, 5.74) is 2.33. The van der Waals surface area contributed by atoms with Crippen LogP contribution < -0.4 is 0 Å². The molecule has 3 nitrogen and oxygen atoms in total. The fourth-order valence-corrected chi connectivity index (χ4v) is 3.40. The first-order valence-corrected chi connectivity index (χ1v) is 9.68. The van der Waals surface area contributed by atoms with Gasteiger partial charge in [0.1, 0.15) is 6.10 Å². The van der Waals surface area contributed by atoms with E-state index in [1.165, 1.54) is 5.56 Å². The van der Waals surface area contributed by atoms with E-state index in [0.717, 1.165) is 27.9 Å². The number of amides is 1. The number of hydrogen-bond donors (Lipinski definition) is 0. The Bertz CT molecular complexity index is 703. The fourth-order valence-electron chi connectivity index (χ4n) is 3.01. The summed E-state index contributed by atoms with van der Waals surface area (Å²) in [4.78, 5) is 14.4. The summed E-state index contributed by atoms with van der Waals surface area (Å²) in [6, 6.07) is 15.9. The Balaban J connectivity index is 1.49. The van der Waals surface area contributed by atoms with Crippen molar-refractivity contribution in [2.45, 2.75) is 25.4 Å². The molecule has 0 spiro atoms. The summed E-state index contributed by atoms with van der Waals surface area (Å²) < 4.78 is 6.89. The highest BCUT2D eigenvalue weighted by Gasteiger charge is 2.24. The largest absolute Gasteiger partial charge is 0.370 e. The molecular formula is C20H21BrClNO2. The van der Waals surface area contributed by atoms with Gasteiger partial charge in [-0.25, -0.2) is 0 Å². The highest BCUT2D eigenvalue weighted by Crippen LogP contribution is 2.24. The van der Waals surface area contributed by atoms with Gasteiger partial charge in [0.2, 0.25) is 5.91 Å². The normalized spacial score (nSPS) is 17.5. The smallest absolute Gasteiger partial charge is 0.222 e. The molecule has 1 aliphatic rings. The summed E-state index contributed by atoms with van der Waals surface area (Å²) in [6.07, 6.45) is 2.27. The number of carbonyl (C=O) groups is 1. The predicted molar refractivity (Wildman–Crippen MR) is 104 cm³/mol. The third-order valence-corrected chi connectivity index (χ3v) is 5.21. The molecule has 25 heavy (non-hydrogen) atoms. The molecule has 0 saturated carbocycles. The van der Waals surface area contributed by atoms with Gasteiger partial charge in [-0.05, 0) is 48.2 Å². The molecule has 0 N–H and O–H groups in total. The van der Waals surface area contributed by atoms with E-state index in [4.69, 9.17) is 16.3 Å². The number of nitrogens with zero attached hydrogens (tertiary/aromatic N) is 1. The highest BCUT2D eigenvalue weighted by atomic mass is 79.9. The van der Waals surface area contributed by atoms with E-state index in [0.29, 0.717) is 26.1 Å². The third-order valence-electron chi connectivity index (χ3n) is 4.43. The molecule has 132 valence electrons. The highest BCUT2D eigenvalue weighted by molar-refractivity contribution is 9.10. The standard InChI is InChI=1S/C20H21BrClNO2/c21-17-8-6-16(7-9-17)19-14-23(12-13-25-19)20(24)3-1-2-15-4-10-18(22)11-5-15/h4-11,19H,1-3,12-14H2. The summed E-state index contributed by atoms with van der Waals surface area (Å²) in [5.74, 6) is 0.208. The molecule has 5 heteroatoms. The molecule has 1 fully saturated rings. The van der Waals surface area contributed by atoms with Gasteiger partial charge in [0, 0.05) is 22.5 Å². The van der Waals surface area contributed by atoms with Crippen molar-refractivity contribution < 1.29 is 9.53 Å². The van der Waals surface area contributed by atoms with Gasteiger partial charge < -0.3 is 9.64 Å². The van der Waals surface area contributed by atoms with Crippen molar-refractivity contribution in [3.8, 4) is 0 Å². The molecule has 1 atom stereocenters. The van der Waals surface area contributed by atoms with Gasteiger partial charge in [-0.2, -0.15) is 0 Å². The van der Waals surface area contributed by atoms with Crippen molar-refractivity contribution in [2.24, 2.45) is 0 Å². The van der Waals surface area contributed by atoms with Crippen LogP contribution in [0.4, 0.5) is 0 Å². The predicted octanol–water partition coefficient (Wildman–Crippen LogP) is 5.03. The van der Waals surface area contributed by atoms with Crippen molar-refractivity contribution in [3.05, 3.63) is 69.2 Å². The Morgan fingerprint density at radius 2 is 1.88 bits per heavy atom. The van der Waals surface area contributed by atoms with E-state index in [-0.39, 0.29) is 12.0 Å². The molecule has 1 saturated heterocycles. The molecule has 0 bridgehead atoms. The number of aryl methyl sites for hydroxylation is 1. The third kappa shape index (κ3) is 5.30. The Morgan fingerprint density at radius 3 is 2.60 bits per heavy atom. The molecule has 0 radical (unpaired) electrons. The minimum absolute atomic E-state index is 0.0398. The molecule has 2 aromatic carbocycles. The first-order valence-electron chi connectivity index (χ1n) is 8.51. The lowest BCUT2D eigenvalue weighted by molar-refractivity contribution is -0.139. The monoisotopic (exact) mass is 421 g/mol. The zero-order valence-electron chi connectivity index (χ0n) is 14.0. The molecule has 1 amide bonds. The lowest BCUT2D eigenvalue weighted by Gasteiger charge is -2.33. The van der Waals surface area contributed by atoms with E-state index in [9.17, 15) is 4.79 Å². The molecule has 1 heterocycles. The van der Waals surface area contributed by atoms with Crippen molar-refractivity contribution >= 4 is 33.4 Å². The number of benzene rings is 2. The maximum absolute atomic E-state index is 12.5. The van der Waals surface area contributed by atoms with Gasteiger partial charge in [0.25, 0.3) is 0 Å². The topological polar surface area (TPSA) is 29.5 Å². The van der Waals surface area contributed by atoms with E-state index >= 15 is 0 Å². The van der Waals surface area contributed by atoms with Gasteiger partial charge in [-0.3, -0.25) is 4.79 Å². The summed E-state index contributed by atoms with van der Waals surface area (Å²) in [5, 5.41) is 0.743. The lowest BCUT2D eigenvalue weighted by atomic mass is 10.1. The number of rotatable bonds is 5. The molecule has 0 aliphatic carbocycles. The number of morpholine rings is 1. The summed E-state index contributed by atoms with van der Waals surface area (Å²) in [7, 11) is 0. The van der Waals surface area contributed by atoms with E-state index in [2.05, 4.69) is 15.9 Å². The minimum atomic E-state index is -0.0398. The van der Waals surface area contributed by atoms with Crippen LogP contribution in [0.25, 0.3) is 0 Å². The molecule has 1 unspecified atom stereocenters. The zero-order chi connectivity index (χ0) is 17.6. The number of hydrogen-bond acceptors (Lipinski definition) is 2. The first-order chi connectivity index (χ1) is 12.1. The minimum Gasteiger partial charge on any atom is -0.370 e. The van der Waals surface area contributed by atoms with Crippen LogP contribution >= 0.6 is 27.5 Å². The van der Waals surface area contributed by atoms with Crippen LogP contribution in [0.1, 0.15) is 30.1 Å². The van der Waals surface area contributed by atoms with Crippen LogP contribution in [0.2, 0.25) is 5.02 Å². The average molecular weight is 423 g/mol. The maximum Gasteiger partial charge on any atom is 0.222 e. The Kier molecular flexibility index (Phi) is 6.51. The lowest BCUT2D eigenvalue weighted by Crippen LogP contribution is -2.42. The Hall–Kier alpha value is -1.36. The second-order valence-electron chi connectivity index (χ2n) is 6.23. The first kappa shape index (κ1) is 18.4. The second-order valence-corrected chi connectivity index (χ2v) is 7.58. The van der Waals surface area contributed by atoms with Gasteiger partial charge in [-0.1, -0.05) is 51.8 Å². The van der Waals surface area contributed by atoms with Crippen molar-refractivity contribution in [1.82, 2.24) is 4.90 Å². The number of ether oxygens (including phenoxy) is 1. The average Bonchev–Trinajstić information content (AvgIpc) is 2.64. The van der Waals surface area contributed by atoms with Crippen molar-refractivity contribution in [1.29, 1.82) is 0 Å². The molecular weight excluding hydrogens is 402 g/mol. The summed E-state index contributed by atoms with van der Waals surface area (Å²) in [6.45, 7) is 1.89. The maximum atomic E-state index is 12.5. The van der Waals surface area contributed by atoms with Gasteiger partial charge in [-0.15, -0.1) is 0 Å².